The molecule has 0 radical (unpaired) electrons. The number of hydrogen-bond acceptors (Lipinski definition) is 4. The molecule has 20 heavy (non-hydrogen) atoms. The molecule has 0 fully saturated rings. The van der Waals surface area contributed by atoms with Crippen molar-refractivity contribution in [2.24, 2.45) is 0 Å². The van der Waals surface area contributed by atoms with E-state index in [9.17, 15) is 18.0 Å². The molecule has 0 aliphatic rings. The molecule has 0 spiro atoms. The number of aryl methyl sites for hydroxylation is 1. The molecule has 1 aromatic carbocycles. The Kier molecular flexibility index (Phi) is 3.67. The number of halogens is 3. The van der Waals surface area contributed by atoms with Gasteiger partial charge in [-0.25, -0.2) is 9.78 Å². The van der Waals surface area contributed by atoms with Crippen molar-refractivity contribution in [1.82, 2.24) is 4.98 Å². The van der Waals surface area contributed by atoms with Gasteiger partial charge in [-0.3, -0.25) is 0 Å². The molecule has 2 N–H and O–H groups in total. The number of thiazole rings is 1. The lowest BCUT2D eigenvalue weighted by Crippen LogP contribution is -2.08. The summed E-state index contributed by atoms with van der Waals surface area (Å²) in [5, 5.41) is 11.5. The smallest absolute Gasteiger partial charge is 0.418 e. The van der Waals surface area contributed by atoms with Crippen molar-refractivity contribution in [1.29, 1.82) is 0 Å². The zero-order chi connectivity index (χ0) is 14.9. The SMILES string of the molecule is Cc1nc(Nc2ccccc2C(F)(F)F)sc1C(=O)O. The van der Waals surface area contributed by atoms with Gasteiger partial charge in [-0.2, -0.15) is 13.2 Å². The van der Waals surface area contributed by atoms with E-state index in [0.717, 1.165) is 17.4 Å². The predicted molar refractivity (Wildman–Crippen MR) is 68.5 cm³/mol. The van der Waals surface area contributed by atoms with E-state index in [1.165, 1.54) is 25.1 Å². The summed E-state index contributed by atoms with van der Waals surface area (Å²) in [4.78, 5) is 14.8. The van der Waals surface area contributed by atoms with E-state index >= 15 is 0 Å². The van der Waals surface area contributed by atoms with Crippen molar-refractivity contribution in [3.8, 4) is 0 Å². The van der Waals surface area contributed by atoms with Crippen LogP contribution in [0.5, 0.6) is 0 Å². The van der Waals surface area contributed by atoms with Gasteiger partial charge in [0.2, 0.25) is 0 Å². The van der Waals surface area contributed by atoms with Crippen molar-refractivity contribution in [2.45, 2.75) is 13.1 Å². The molecule has 8 heteroatoms. The Morgan fingerprint density at radius 3 is 2.55 bits per heavy atom. The molecule has 0 aliphatic carbocycles. The predicted octanol–water partition coefficient (Wildman–Crippen LogP) is 3.91. The molecule has 1 heterocycles. The van der Waals surface area contributed by atoms with E-state index in [4.69, 9.17) is 5.11 Å². The number of benzene rings is 1. The van der Waals surface area contributed by atoms with Crippen LogP contribution in [0.3, 0.4) is 0 Å². The number of hydrogen-bond donors (Lipinski definition) is 2. The van der Waals surface area contributed by atoms with Crippen LogP contribution in [0.4, 0.5) is 24.0 Å². The molecule has 0 amide bonds. The number of carboxylic acid groups (broad SMARTS) is 1. The molecule has 106 valence electrons. The van der Waals surface area contributed by atoms with E-state index in [0.29, 0.717) is 0 Å². The number of anilines is 2. The minimum Gasteiger partial charge on any atom is -0.477 e. The molecule has 2 rings (SSSR count). The fraction of sp³-hybridized carbons (Fsp3) is 0.167. The average molecular weight is 302 g/mol. The van der Waals surface area contributed by atoms with Crippen LogP contribution in [0.15, 0.2) is 24.3 Å². The van der Waals surface area contributed by atoms with Gasteiger partial charge in [-0.05, 0) is 19.1 Å². The normalized spacial score (nSPS) is 11.4. The fourth-order valence-electron chi connectivity index (χ4n) is 1.60. The highest BCUT2D eigenvalue weighted by Crippen LogP contribution is 2.36. The van der Waals surface area contributed by atoms with Crippen LogP contribution in [0.1, 0.15) is 20.9 Å². The highest BCUT2D eigenvalue weighted by atomic mass is 32.1. The highest BCUT2D eigenvalue weighted by Gasteiger charge is 2.33. The van der Waals surface area contributed by atoms with Crippen LogP contribution >= 0.6 is 11.3 Å². The molecule has 0 saturated carbocycles. The van der Waals surface area contributed by atoms with E-state index in [1.54, 1.807) is 0 Å². The van der Waals surface area contributed by atoms with Crippen molar-refractivity contribution in [3.05, 3.63) is 40.4 Å². The number of rotatable bonds is 3. The second-order valence-electron chi connectivity index (χ2n) is 3.91. The molecule has 2 aromatic rings. The topological polar surface area (TPSA) is 62.2 Å². The third-order valence-corrected chi connectivity index (χ3v) is 3.53. The van der Waals surface area contributed by atoms with E-state index < -0.39 is 17.7 Å². The Labute approximate surface area is 115 Å². The zero-order valence-corrected chi connectivity index (χ0v) is 11.0. The molecule has 1 aromatic heterocycles. The number of carboxylic acids is 1. The van der Waals surface area contributed by atoms with Gasteiger partial charge in [-0.15, -0.1) is 0 Å². The number of alkyl halides is 3. The van der Waals surface area contributed by atoms with Crippen LogP contribution in [0, 0.1) is 6.92 Å². The van der Waals surface area contributed by atoms with Crippen LogP contribution < -0.4 is 5.32 Å². The quantitative estimate of drug-likeness (QED) is 0.902. The van der Waals surface area contributed by atoms with Crippen LogP contribution in [-0.4, -0.2) is 16.1 Å². The first-order chi connectivity index (χ1) is 9.29. The first kappa shape index (κ1) is 14.3. The summed E-state index contributed by atoms with van der Waals surface area (Å²) in [5.74, 6) is -1.16. The fourth-order valence-corrected chi connectivity index (χ4v) is 2.42. The summed E-state index contributed by atoms with van der Waals surface area (Å²) in [6.07, 6.45) is -4.49. The Morgan fingerprint density at radius 2 is 2.00 bits per heavy atom. The summed E-state index contributed by atoms with van der Waals surface area (Å²) >= 11 is 0.793. The van der Waals surface area contributed by atoms with Gasteiger partial charge in [0.25, 0.3) is 0 Å². The van der Waals surface area contributed by atoms with Crippen LogP contribution in [-0.2, 0) is 6.18 Å². The number of nitrogens with one attached hydrogen (secondary N) is 1. The van der Waals surface area contributed by atoms with Crippen molar-refractivity contribution < 1.29 is 23.1 Å². The summed E-state index contributed by atoms with van der Waals surface area (Å²) in [5.41, 5.74) is -0.732. The molecule has 4 nitrogen and oxygen atoms in total. The van der Waals surface area contributed by atoms with Gasteiger partial charge in [0.05, 0.1) is 16.9 Å². The lowest BCUT2D eigenvalue weighted by molar-refractivity contribution is -0.136. The minimum atomic E-state index is -4.49. The third-order valence-electron chi connectivity index (χ3n) is 2.46. The number of aromatic nitrogens is 1. The molecule has 0 bridgehead atoms. The Hall–Kier alpha value is -2.09. The molecule has 0 unspecified atom stereocenters. The number of para-hydroxylation sites is 1. The monoisotopic (exact) mass is 302 g/mol. The summed E-state index contributed by atoms with van der Waals surface area (Å²) < 4.78 is 38.4. The molecular formula is C12H9F3N2O2S. The lowest BCUT2D eigenvalue weighted by Gasteiger charge is -2.12. The molecule has 0 aliphatic heterocycles. The van der Waals surface area contributed by atoms with Gasteiger partial charge in [0.1, 0.15) is 4.88 Å². The van der Waals surface area contributed by atoms with Crippen LogP contribution in [0.25, 0.3) is 0 Å². The van der Waals surface area contributed by atoms with Gasteiger partial charge < -0.3 is 10.4 Å². The van der Waals surface area contributed by atoms with Gasteiger partial charge in [-0.1, -0.05) is 23.5 Å². The minimum absolute atomic E-state index is 0.00279. The number of aromatic carboxylic acids is 1. The number of nitrogens with zero attached hydrogens (tertiary/aromatic N) is 1. The highest BCUT2D eigenvalue weighted by molar-refractivity contribution is 7.17. The van der Waals surface area contributed by atoms with Gasteiger partial charge in [0, 0.05) is 0 Å². The molecule has 0 atom stereocenters. The first-order valence-electron chi connectivity index (χ1n) is 5.43. The van der Waals surface area contributed by atoms with Crippen molar-refractivity contribution in [3.63, 3.8) is 0 Å². The van der Waals surface area contributed by atoms with E-state index in [1.807, 2.05) is 0 Å². The second-order valence-corrected chi connectivity index (χ2v) is 4.91. The Balaban J connectivity index is 2.36. The van der Waals surface area contributed by atoms with Gasteiger partial charge in [0.15, 0.2) is 5.13 Å². The Bertz CT molecular complexity index is 652. The number of carbonyl (C=O) groups is 1. The molecule has 0 saturated heterocycles. The Morgan fingerprint density at radius 1 is 1.35 bits per heavy atom. The maximum absolute atomic E-state index is 12.8. The lowest BCUT2D eigenvalue weighted by atomic mass is 10.2. The van der Waals surface area contributed by atoms with E-state index in [-0.39, 0.29) is 21.4 Å². The van der Waals surface area contributed by atoms with Crippen LogP contribution in [0.2, 0.25) is 0 Å². The maximum Gasteiger partial charge on any atom is 0.418 e. The van der Waals surface area contributed by atoms with Gasteiger partial charge >= 0.3 is 12.1 Å². The zero-order valence-electron chi connectivity index (χ0n) is 10.2. The summed E-state index contributed by atoms with van der Waals surface area (Å²) in [7, 11) is 0. The maximum atomic E-state index is 12.8. The van der Waals surface area contributed by atoms with Crippen molar-refractivity contribution >= 4 is 28.1 Å². The van der Waals surface area contributed by atoms with E-state index in [2.05, 4.69) is 10.3 Å². The third kappa shape index (κ3) is 2.90. The average Bonchev–Trinajstić information content (AvgIpc) is 2.69. The summed E-state index contributed by atoms with van der Waals surface area (Å²) in [6.45, 7) is 1.49. The van der Waals surface area contributed by atoms with Crippen molar-refractivity contribution in [2.75, 3.05) is 5.32 Å². The standard InChI is InChI=1S/C12H9F3N2O2S/c1-6-9(10(18)19)20-11(16-6)17-8-5-3-2-4-7(8)12(13,14)15/h2-5H,1H3,(H,16,17)(H,18,19). The first-order valence-corrected chi connectivity index (χ1v) is 6.24. The summed E-state index contributed by atoms with van der Waals surface area (Å²) in [6, 6.07) is 4.95. The molecular weight excluding hydrogens is 293 g/mol. The second kappa shape index (κ2) is 5.12. The largest absolute Gasteiger partial charge is 0.477 e.